The van der Waals surface area contributed by atoms with Gasteiger partial charge in [0.2, 0.25) is 5.95 Å². The summed E-state index contributed by atoms with van der Waals surface area (Å²) in [6, 6.07) is 7.82. The van der Waals surface area contributed by atoms with Crippen LogP contribution in [0, 0.1) is 0 Å². The van der Waals surface area contributed by atoms with Crippen LogP contribution >= 0.6 is 0 Å². The van der Waals surface area contributed by atoms with E-state index < -0.39 is 0 Å². The zero-order valence-corrected chi connectivity index (χ0v) is 18.5. The van der Waals surface area contributed by atoms with Gasteiger partial charge in [0, 0.05) is 44.9 Å². The molecule has 0 radical (unpaired) electrons. The summed E-state index contributed by atoms with van der Waals surface area (Å²) in [5.41, 5.74) is 3.69. The van der Waals surface area contributed by atoms with E-state index in [9.17, 15) is 4.79 Å². The molecule has 0 aliphatic carbocycles. The number of anilines is 2. The van der Waals surface area contributed by atoms with Gasteiger partial charge in [-0.15, -0.1) is 0 Å². The van der Waals surface area contributed by atoms with Gasteiger partial charge in [-0.2, -0.15) is 0 Å². The molecule has 8 heteroatoms. The monoisotopic (exact) mass is 423 g/mol. The van der Waals surface area contributed by atoms with Gasteiger partial charge in [0.05, 0.1) is 24.6 Å². The van der Waals surface area contributed by atoms with Crippen LogP contribution in [0.25, 0.3) is 10.9 Å². The van der Waals surface area contributed by atoms with Crippen LogP contribution in [-0.2, 0) is 17.7 Å². The van der Waals surface area contributed by atoms with Crippen molar-refractivity contribution in [2.75, 3.05) is 44.1 Å². The van der Waals surface area contributed by atoms with Crippen molar-refractivity contribution in [3.8, 4) is 5.75 Å². The molecule has 1 aliphatic heterocycles. The molecule has 164 valence electrons. The molecule has 0 amide bonds. The van der Waals surface area contributed by atoms with Crippen LogP contribution < -0.4 is 20.5 Å². The standard InChI is InChI=1S/C23H29N5O3/c1-14(2)17-11-16(31-4)12-19-21(17)22(29)27-23(26-19)28-9-7-18-15(13-28)5-6-20(25-18)24-8-10-30-3/h5-6,11-12,14H,7-10,13H2,1-4H3,(H,24,25)(H,26,27,29). The number of fused-ring (bicyclic) bond motifs is 2. The first-order valence-electron chi connectivity index (χ1n) is 10.6. The Hall–Kier alpha value is -3.13. The lowest BCUT2D eigenvalue weighted by molar-refractivity contribution is 0.210. The van der Waals surface area contributed by atoms with Crippen LogP contribution in [-0.4, -0.2) is 48.9 Å². The average Bonchev–Trinajstić information content (AvgIpc) is 2.77. The smallest absolute Gasteiger partial charge is 0.260 e. The molecule has 0 saturated carbocycles. The molecule has 8 nitrogen and oxygen atoms in total. The van der Waals surface area contributed by atoms with Crippen molar-refractivity contribution >= 4 is 22.7 Å². The van der Waals surface area contributed by atoms with E-state index in [1.165, 1.54) is 0 Å². The first kappa shape index (κ1) is 21.1. The Kier molecular flexibility index (Phi) is 6.08. The van der Waals surface area contributed by atoms with Crippen molar-refractivity contribution in [2.24, 2.45) is 0 Å². The van der Waals surface area contributed by atoms with Gasteiger partial charge >= 0.3 is 0 Å². The molecule has 0 bridgehead atoms. The third kappa shape index (κ3) is 4.34. The zero-order valence-electron chi connectivity index (χ0n) is 18.5. The molecule has 0 spiro atoms. The molecule has 2 aromatic heterocycles. The summed E-state index contributed by atoms with van der Waals surface area (Å²) in [6.45, 7) is 6.87. The van der Waals surface area contributed by atoms with Gasteiger partial charge in [-0.1, -0.05) is 19.9 Å². The summed E-state index contributed by atoms with van der Waals surface area (Å²) in [7, 11) is 3.31. The van der Waals surface area contributed by atoms with E-state index in [1.54, 1.807) is 14.2 Å². The van der Waals surface area contributed by atoms with E-state index in [2.05, 4.69) is 35.1 Å². The molecule has 1 aliphatic rings. The molecule has 0 fully saturated rings. The van der Waals surface area contributed by atoms with Crippen LogP contribution in [0.3, 0.4) is 0 Å². The lowest BCUT2D eigenvalue weighted by atomic mass is 9.98. The first-order valence-corrected chi connectivity index (χ1v) is 10.6. The lowest BCUT2D eigenvalue weighted by Gasteiger charge is -2.29. The quantitative estimate of drug-likeness (QED) is 0.564. The largest absolute Gasteiger partial charge is 0.497 e. The predicted molar refractivity (Wildman–Crippen MR) is 122 cm³/mol. The number of nitrogens with zero attached hydrogens (tertiary/aromatic N) is 3. The van der Waals surface area contributed by atoms with E-state index in [4.69, 9.17) is 19.4 Å². The van der Waals surface area contributed by atoms with Gasteiger partial charge < -0.3 is 19.7 Å². The van der Waals surface area contributed by atoms with Crippen molar-refractivity contribution in [3.63, 3.8) is 0 Å². The number of nitrogens with one attached hydrogen (secondary N) is 2. The first-order chi connectivity index (χ1) is 15.0. The van der Waals surface area contributed by atoms with Gasteiger partial charge in [0.25, 0.3) is 5.56 Å². The Balaban J connectivity index is 1.63. The lowest BCUT2D eigenvalue weighted by Crippen LogP contribution is -2.33. The van der Waals surface area contributed by atoms with E-state index >= 15 is 0 Å². The van der Waals surface area contributed by atoms with Gasteiger partial charge in [-0.25, -0.2) is 9.97 Å². The SMILES string of the molecule is COCCNc1ccc2c(n1)CCN(c1nc3cc(OC)cc(C(C)C)c3c(=O)[nH]1)C2. The predicted octanol–water partition coefficient (Wildman–Crippen LogP) is 3.07. The van der Waals surface area contributed by atoms with Crippen molar-refractivity contribution in [1.29, 1.82) is 0 Å². The number of rotatable bonds is 7. The van der Waals surface area contributed by atoms with E-state index in [0.717, 1.165) is 42.1 Å². The number of methoxy groups -OCH3 is 2. The second-order valence-electron chi connectivity index (χ2n) is 8.05. The fraction of sp³-hybridized carbons (Fsp3) is 0.435. The topological polar surface area (TPSA) is 92.4 Å². The van der Waals surface area contributed by atoms with Crippen LogP contribution in [0.2, 0.25) is 0 Å². The van der Waals surface area contributed by atoms with Gasteiger partial charge in [-0.3, -0.25) is 9.78 Å². The normalized spacial score (nSPS) is 13.5. The fourth-order valence-corrected chi connectivity index (χ4v) is 3.96. The summed E-state index contributed by atoms with van der Waals surface area (Å²) in [5, 5.41) is 3.90. The van der Waals surface area contributed by atoms with Crippen molar-refractivity contribution in [3.05, 3.63) is 51.4 Å². The highest BCUT2D eigenvalue weighted by molar-refractivity contribution is 5.84. The number of hydrogen-bond acceptors (Lipinski definition) is 7. The Labute approximate surface area is 181 Å². The van der Waals surface area contributed by atoms with Gasteiger partial charge in [-0.05, 0) is 29.2 Å². The fourth-order valence-electron chi connectivity index (χ4n) is 3.96. The molecule has 2 N–H and O–H groups in total. The molecule has 0 unspecified atom stereocenters. The maximum absolute atomic E-state index is 13.0. The Morgan fingerprint density at radius 2 is 2.06 bits per heavy atom. The molecule has 0 saturated heterocycles. The zero-order chi connectivity index (χ0) is 22.0. The van der Waals surface area contributed by atoms with E-state index in [-0.39, 0.29) is 11.5 Å². The van der Waals surface area contributed by atoms with Gasteiger partial charge in [0.15, 0.2) is 0 Å². The summed E-state index contributed by atoms with van der Waals surface area (Å²) < 4.78 is 10.5. The third-order valence-electron chi connectivity index (χ3n) is 5.62. The van der Waals surface area contributed by atoms with Crippen LogP contribution in [0.15, 0.2) is 29.1 Å². The number of aromatic amines is 1. The van der Waals surface area contributed by atoms with Crippen LogP contribution in [0.5, 0.6) is 5.75 Å². The minimum atomic E-state index is -0.118. The average molecular weight is 424 g/mol. The van der Waals surface area contributed by atoms with Crippen molar-refractivity contribution < 1.29 is 9.47 Å². The summed E-state index contributed by atoms with van der Waals surface area (Å²) in [6.07, 6.45) is 0.784. The number of aromatic nitrogens is 3. The van der Waals surface area contributed by atoms with Crippen molar-refractivity contribution in [1.82, 2.24) is 15.0 Å². The molecule has 4 rings (SSSR count). The molecule has 31 heavy (non-hydrogen) atoms. The highest BCUT2D eigenvalue weighted by Gasteiger charge is 2.21. The highest BCUT2D eigenvalue weighted by atomic mass is 16.5. The van der Waals surface area contributed by atoms with Crippen LogP contribution in [0.1, 0.15) is 36.6 Å². The second-order valence-corrected chi connectivity index (χ2v) is 8.05. The third-order valence-corrected chi connectivity index (χ3v) is 5.62. The minimum Gasteiger partial charge on any atom is -0.497 e. The Bertz CT molecular complexity index is 1140. The molecule has 0 atom stereocenters. The van der Waals surface area contributed by atoms with Crippen molar-refractivity contribution in [2.45, 2.75) is 32.7 Å². The second kappa shape index (κ2) is 8.93. The Morgan fingerprint density at radius 1 is 1.23 bits per heavy atom. The van der Waals surface area contributed by atoms with E-state index in [1.807, 2.05) is 18.2 Å². The Morgan fingerprint density at radius 3 is 2.81 bits per heavy atom. The summed E-state index contributed by atoms with van der Waals surface area (Å²) in [5.74, 6) is 2.33. The number of ether oxygens (including phenoxy) is 2. The molecule has 1 aromatic carbocycles. The number of H-pyrrole nitrogens is 1. The highest BCUT2D eigenvalue weighted by Crippen LogP contribution is 2.29. The summed E-state index contributed by atoms with van der Waals surface area (Å²) >= 11 is 0. The molecule has 3 heterocycles. The van der Waals surface area contributed by atoms with Gasteiger partial charge in [0.1, 0.15) is 11.6 Å². The maximum atomic E-state index is 13.0. The molecule has 3 aromatic rings. The number of pyridine rings is 1. The summed E-state index contributed by atoms with van der Waals surface area (Å²) in [4.78, 5) is 27.6. The minimum absolute atomic E-state index is 0.118. The van der Waals surface area contributed by atoms with E-state index in [0.29, 0.717) is 35.8 Å². The number of benzene rings is 1. The van der Waals surface area contributed by atoms with Crippen LogP contribution in [0.4, 0.5) is 11.8 Å². The number of hydrogen-bond donors (Lipinski definition) is 2. The molecular formula is C23H29N5O3. The maximum Gasteiger partial charge on any atom is 0.260 e. The molecular weight excluding hydrogens is 394 g/mol.